The van der Waals surface area contributed by atoms with Gasteiger partial charge in [0.25, 0.3) is 5.91 Å². The molecule has 0 aliphatic heterocycles. The molecule has 0 aromatic heterocycles. The quantitative estimate of drug-likeness (QED) is 0.398. The minimum absolute atomic E-state index is 0.0972. The lowest BCUT2D eigenvalue weighted by Gasteiger charge is -2.20. The molecule has 0 fully saturated rings. The van der Waals surface area contributed by atoms with Crippen molar-refractivity contribution in [2.75, 3.05) is 13.2 Å². The Morgan fingerprint density at radius 2 is 1.67 bits per heavy atom. The molecule has 0 bridgehead atoms. The van der Waals surface area contributed by atoms with Gasteiger partial charge in [-0.25, -0.2) is 0 Å². The van der Waals surface area contributed by atoms with E-state index in [1.165, 1.54) is 11.8 Å². The Labute approximate surface area is 168 Å². The van der Waals surface area contributed by atoms with Crippen LogP contribution in [-0.2, 0) is 13.6 Å². The van der Waals surface area contributed by atoms with Gasteiger partial charge in [-0.05, 0) is 50.2 Å². The van der Waals surface area contributed by atoms with Crippen molar-refractivity contribution in [1.29, 1.82) is 0 Å². The third-order valence-electron chi connectivity index (χ3n) is 3.29. The number of halogens is 1. The molecule has 0 unspecified atom stereocenters. The van der Waals surface area contributed by atoms with Gasteiger partial charge in [0.15, 0.2) is 0 Å². The van der Waals surface area contributed by atoms with E-state index in [0.29, 0.717) is 10.6 Å². The first-order valence-corrected chi connectivity index (χ1v) is 11.2. The summed E-state index contributed by atoms with van der Waals surface area (Å²) in [5.74, 6) is -0.391. The Morgan fingerprint density at radius 3 is 2.22 bits per heavy atom. The van der Waals surface area contributed by atoms with Crippen molar-refractivity contribution in [1.82, 2.24) is 5.32 Å². The smallest absolute Gasteiger partial charge is 0.315 e. The fraction of sp³-hybridized carbons (Fsp3) is 0.211. The Hall–Kier alpha value is -1.56. The fourth-order valence-electron chi connectivity index (χ4n) is 2.09. The second kappa shape index (κ2) is 10.7. The highest BCUT2D eigenvalue weighted by atomic mass is 35.5. The van der Waals surface area contributed by atoms with E-state index in [4.69, 9.17) is 20.6 Å². The summed E-state index contributed by atoms with van der Waals surface area (Å²) in [6, 6.07) is 15.8. The highest BCUT2D eigenvalue weighted by Gasteiger charge is 2.31. The summed E-state index contributed by atoms with van der Waals surface area (Å²) in [5.41, 5.74) is 0.541. The van der Waals surface area contributed by atoms with Crippen molar-refractivity contribution >= 4 is 36.9 Å². The first-order chi connectivity index (χ1) is 13.0. The SMILES string of the molecule is CCOP(=O)(OCC)/C(=C/Sc1ccc(Cl)cc1)NC(=O)c1ccccc1. The van der Waals surface area contributed by atoms with Gasteiger partial charge in [-0.2, -0.15) is 0 Å². The van der Waals surface area contributed by atoms with Gasteiger partial charge in [0.2, 0.25) is 0 Å². The molecular formula is C19H21ClNO4PS. The average molecular weight is 426 g/mol. The van der Waals surface area contributed by atoms with E-state index in [-0.39, 0.29) is 18.7 Å². The maximum atomic E-state index is 13.2. The minimum Gasteiger partial charge on any atom is -0.315 e. The zero-order chi connectivity index (χ0) is 19.7. The van der Waals surface area contributed by atoms with Crippen LogP contribution in [0.2, 0.25) is 5.02 Å². The number of benzene rings is 2. The average Bonchev–Trinajstić information content (AvgIpc) is 2.67. The van der Waals surface area contributed by atoms with Gasteiger partial charge in [0.1, 0.15) is 5.44 Å². The number of thioether (sulfide) groups is 1. The van der Waals surface area contributed by atoms with Crippen LogP contribution in [0.3, 0.4) is 0 Å². The van der Waals surface area contributed by atoms with E-state index in [2.05, 4.69) is 5.32 Å². The molecule has 0 aliphatic rings. The predicted octanol–water partition coefficient (Wildman–Crippen LogP) is 5.93. The molecule has 0 saturated heterocycles. The standard InChI is InChI=1S/C19H21ClNO4PS/c1-3-24-26(23,25-4-2)18(14-27-17-12-10-16(20)11-13-17)21-19(22)15-8-6-5-7-9-15/h5-14H,3-4H2,1-2H3,(H,21,22)/b18-14+. The Bertz CT molecular complexity index is 817. The topological polar surface area (TPSA) is 64.6 Å². The van der Waals surface area contributed by atoms with Gasteiger partial charge in [0, 0.05) is 20.9 Å². The highest BCUT2D eigenvalue weighted by molar-refractivity contribution is 8.02. The Balaban J connectivity index is 2.31. The molecule has 2 aromatic rings. The van der Waals surface area contributed by atoms with E-state index in [1.807, 2.05) is 18.2 Å². The van der Waals surface area contributed by atoms with Gasteiger partial charge < -0.3 is 14.4 Å². The summed E-state index contributed by atoms with van der Waals surface area (Å²) in [6.07, 6.45) is 0. The van der Waals surface area contributed by atoms with Crippen LogP contribution < -0.4 is 5.32 Å². The summed E-state index contributed by atoms with van der Waals surface area (Å²) in [5, 5.41) is 4.89. The molecule has 0 heterocycles. The van der Waals surface area contributed by atoms with Crippen molar-refractivity contribution in [3.63, 3.8) is 0 Å². The molecule has 5 nitrogen and oxygen atoms in total. The molecule has 0 atom stereocenters. The molecule has 8 heteroatoms. The number of nitrogens with one attached hydrogen (secondary N) is 1. The van der Waals surface area contributed by atoms with Crippen LogP contribution >= 0.6 is 31.0 Å². The Kier molecular flexibility index (Phi) is 8.61. The third-order valence-corrected chi connectivity index (χ3v) is 6.64. The lowest BCUT2D eigenvalue weighted by atomic mass is 10.2. The van der Waals surface area contributed by atoms with Crippen molar-refractivity contribution in [2.24, 2.45) is 0 Å². The van der Waals surface area contributed by atoms with Gasteiger partial charge in [-0.15, -0.1) is 0 Å². The number of rotatable bonds is 9. The van der Waals surface area contributed by atoms with Crippen LogP contribution in [0.4, 0.5) is 0 Å². The molecular weight excluding hydrogens is 405 g/mol. The molecule has 0 spiro atoms. The van der Waals surface area contributed by atoms with Crippen LogP contribution in [-0.4, -0.2) is 19.1 Å². The van der Waals surface area contributed by atoms with Crippen LogP contribution in [0.15, 0.2) is 70.3 Å². The summed E-state index contributed by atoms with van der Waals surface area (Å²) in [6.45, 7) is 3.80. The summed E-state index contributed by atoms with van der Waals surface area (Å²) >= 11 is 7.19. The lowest BCUT2D eigenvalue weighted by Crippen LogP contribution is -2.24. The van der Waals surface area contributed by atoms with E-state index >= 15 is 0 Å². The largest absolute Gasteiger partial charge is 0.378 e. The predicted molar refractivity (Wildman–Crippen MR) is 110 cm³/mol. The summed E-state index contributed by atoms with van der Waals surface area (Å²) in [7, 11) is -3.67. The van der Waals surface area contributed by atoms with E-state index in [1.54, 1.807) is 55.7 Å². The number of amides is 1. The zero-order valence-corrected chi connectivity index (χ0v) is 17.5. The molecule has 2 rings (SSSR count). The van der Waals surface area contributed by atoms with E-state index in [9.17, 15) is 9.36 Å². The zero-order valence-electron chi connectivity index (χ0n) is 15.1. The highest BCUT2D eigenvalue weighted by Crippen LogP contribution is 2.55. The number of hydrogen-bond acceptors (Lipinski definition) is 5. The van der Waals surface area contributed by atoms with Crippen LogP contribution in [0.5, 0.6) is 0 Å². The maximum Gasteiger partial charge on any atom is 0.378 e. The van der Waals surface area contributed by atoms with Crippen molar-refractivity contribution < 1.29 is 18.4 Å². The number of carbonyl (C=O) groups is 1. The number of hydrogen-bond donors (Lipinski definition) is 1. The molecule has 1 amide bonds. The fourth-order valence-corrected chi connectivity index (χ4v) is 4.77. The third kappa shape index (κ3) is 6.52. The van der Waals surface area contributed by atoms with Crippen molar-refractivity contribution in [3.05, 3.63) is 76.0 Å². The normalized spacial score (nSPS) is 12.0. The molecule has 0 aliphatic carbocycles. The lowest BCUT2D eigenvalue weighted by molar-refractivity contribution is 0.0964. The first kappa shape index (κ1) is 21.7. The van der Waals surface area contributed by atoms with E-state index in [0.717, 1.165) is 4.90 Å². The first-order valence-electron chi connectivity index (χ1n) is 8.37. The van der Waals surface area contributed by atoms with Crippen molar-refractivity contribution in [3.8, 4) is 0 Å². The van der Waals surface area contributed by atoms with Crippen molar-refractivity contribution in [2.45, 2.75) is 18.7 Å². The van der Waals surface area contributed by atoms with Gasteiger partial charge in [0.05, 0.1) is 13.2 Å². The summed E-state index contributed by atoms with van der Waals surface area (Å²) < 4.78 is 24.0. The monoisotopic (exact) mass is 425 g/mol. The Morgan fingerprint density at radius 1 is 1.07 bits per heavy atom. The minimum atomic E-state index is -3.67. The maximum absolute atomic E-state index is 13.2. The van der Waals surface area contributed by atoms with Crippen LogP contribution in [0.1, 0.15) is 24.2 Å². The van der Waals surface area contributed by atoms with E-state index < -0.39 is 13.5 Å². The summed E-state index contributed by atoms with van der Waals surface area (Å²) in [4.78, 5) is 13.4. The molecule has 0 saturated carbocycles. The van der Waals surface area contributed by atoms with Gasteiger partial charge in [-0.1, -0.05) is 41.6 Å². The number of carbonyl (C=O) groups excluding carboxylic acids is 1. The molecule has 144 valence electrons. The molecule has 1 N–H and O–H groups in total. The molecule has 2 aromatic carbocycles. The second-order valence-electron chi connectivity index (χ2n) is 5.23. The molecule has 0 radical (unpaired) electrons. The molecule has 27 heavy (non-hydrogen) atoms. The second-order valence-corrected chi connectivity index (χ2v) is 8.60. The van der Waals surface area contributed by atoms with Crippen LogP contribution in [0.25, 0.3) is 0 Å². The van der Waals surface area contributed by atoms with Crippen LogP contribution in [0, 0.1) is 0 Å². The van der Waals surface area contributed by atoms with Gasteiger partial charge in [-0.3, -0.25) is 9.36 Å². The van der Waals surface area contributed by atoms with Gasteiger partial charge >= 0.3 is 7.60 Å².